The molecular weight excluding hydrogens is 309 g/mol. The topological polar surface area (TPSA) is 74.7 Å². The van der Waals surface area contributed by atoms with E-state index >= 15 is 0 Å². The molecule has 0 aliphatic carbocycles. The fourth-order valence-corrected chi connectivity index (χ4v) is 2.32. The average Bonchev–Trinajstić information content (AvgIpc) is 2.75. The van der Waals surface area contributed by atoms with Crippen molar-refractivity contribution < 1.29 is 18.8 Å². The molecule has 7 nitrogen and oxygen atoms in total. The van der Waals surface area contributed by atoms with E-state index in [0.29, 0.717) is 12.4 Å². The highest BCUT2D eigenvalue weighted by atomic mass is 16.7. The van der Waals surface area contributed by atoms with E-state index in [-0.39, 0.29) is 6.01 Å². The summed E-state index contributed by atoms with van der Waals surface area (Å²) in [5.41, 5.74) is 0.872. The van der Waals surface area contributed by atoms with Gasteiger partial charge in [-0.2, -0.15) is 4.98 Å². The lowest BCUT2D eigenvalue weighted by Gasteiger charge is -2.32. The van der Waals surface area contributed by atoms with E-state index in [9.17, 15) is 0 Å². The molecule has 1 aromatic rings. The molecule has 24 heavy (non-hydrogen) atoms. The Morgan fingerprint density at radius 1 is 1.21 bits per heavy atom. The molecule has 2 heterocycles. The van der Waals surface area contributed by atoms with Gasteiger partial charge in [-0.1, -0.05) is 6.08 Å². The van der Waals surface area contributed by atoms with E-state index < -0.39 is 18.3 Å². The predicted molar refractivity (Wildman–Crippen MR) is 93.1 cm³/mol. The summed E-state index contributed by atoms with van der Waals surface area (Å²) in [7, 11) is 4.50. The third kappa shape index (κ3) is 3.71. The van der Waals surface area contributed by atoms with E-state index in [1.807, 2.05) is 40.8 Å². The van der Waals surface area contributed by atoms with Crippen molar-refractivity contribution in [3.05, 3.63) is 17.2 Å². The fraction of sp³-hybridized carbons (Fsp3) is 0.625. The quantitative estimate of drug-likeness (QED) is 0.794. The van der Waals surface area contributed by atoms with Crippen LogP contribution in [0.5, 0.6) is 11.9 Å². The van der Waals surface area contributed by atoms with E-state index in [1.54, 1.807) is 13.3 Å². The first-order valence-electron chi connectivity index (χ1n) is 7.90. The Bertz CT molecular complexity index is 603. The highest BCUT2D eigenvalue weighted by Gasteiger charge is 2.52. The molecule has 1 fully saturated rings. The Morgan fingerprint density at radius 2 is 1.83 bits per heavy atom. The average molecular weight is 335 g/mol. The normalized spacial score (nSPS) is 19.5. The summed E-state index contributed by atoms with van der Waals surface area (Å²) < 4.78 is 22.6. The minimum absolute atomic E-state index is 0.259. The van der Waals surface area contributed by atoms with Gasteiger partial charge in [-0.25, -0.2) is 4.98 Å². The summed E-state index contributed by atoms with van der Waals surface area (Å²) in [5, 5.41) is 3.15. The first-order valence-corrected chi connectivity index (χ1v) is 7.90. The third-order valence-corrected chi connectivity index (χ3v) is 4.41. The molecule has 0 spiro atoms. The number of hydrogen-bond donors (Lipinski definition) is 1. The Kier molecular flexibility index (Phi) is 5.52. The third-order valence-electron chi connectivity index (χ3n) is 4.41. The van der Waals surface area contributed by atoms with E-state index in [0.717, 1.165) is 11.0 Å². The molecule has 1 N–H and O–H groups in total. The maximum absolute atomic E-state index is 6.13. The van der Waals surface area contributed by atoms with Gasteiger partial charge in [0.15, 0.2) is 0 Å². The first kappa shape index (κ1) is 18.7. The molecule has 0 aromatic carbocycles. The summed E-state index contributed by atoms with van der Waals surface area (Å²) in [6, 6.07) is 0.259. The first-order chi connectivity index (χ1) is 11.2. The summed E-state index contributed by atoms with van der Waals surface area (Å²) >= 11 is 0. The predicted octanol–water partition coefficient (Wildman–Crippen LogP) is 1.73. The van der Waals surface area contributed by atoms with E-state index in [2.05, 4.69) is 15.3 Å². The second-order valence-corrected chi connectivity index (χ2v) is 6.66. The van der Waals surface area contributed by atoms with Crippen molar-refractivity contribution in [2.45, 2.75) is 38.9 Å². The van der Waals surface area contributed by atoms with Gasteiger partial charge in [0.05, 0.1) is 31.0 Å². The molecule has 0 radical (unpaired) electrons. The van der Waals surface area contributed by atoms with Crippen LogP contribution >= 0.6 is 0 Å². The molecule has 2 rings (SSSR count). The zero-order valence-corrected chi connectivity index (χ0v) is 15.5. The lowest BCUT2D eigenvalue weighted by molar-refractivity contribution is 0.00578. The van der Waals surface area contributed by atoms with Gasteiger partial charge in [0, 0.05) is 12.7 Å². The molecule has 1 saturated heterocycles. The summed E-state index contributed by atoms with van der Waals surface area (Å²) in [4.78, 5) is 8.35. The van der Waals surface area contributed by atoms with Crippen LogP contribution in [0, 0.1) is 0 Å². The molecule has 0 saturated carbocycles. The monoisotopic (exact) mass is 335 g/mol. The molecule has 0 atom stereocenters. The summed E-state index contributed by atoms with van der Waals surface area (Å²) in [6.45, 7) is 8.72. The Hall–Kier alpha value is -1.64. The minimum Gasteiger partial charge on any atom is -0.480 e. The maximum atomic E-state index is 6.13. The SMILES string of the molecule is CNCC(=Cc1cnc(OC)nc1OC)B1OC(C)(C)C(C)(C)O1. The van der Waals surface area contributed by atoms with Crippen molar-refractivity contribution in [2.24, 2.45) is 0 Å². The summed E-state index contributed by atoms with van der Waals surface area (Å²) in [5.74, 6) is 0.437. The van der Waals surface area contributed by atoms with Gasteiger partial charge in [-0.05, 0) is 40.2 Å². The van der Waals surface area contributed by atoms with Crippen molar-refractivity contribution in [2.75, 3.05) is 27.8 Å². The number of aromatic nitrogens is 2. The largest absolute Gasteiger partial charge is 0.491 e. The molecule has 132 valence electrons. The van der Waals surface area contributed by atoms with Crippen LogP contribution in [0.3, 0.4) is 0 Å². The van der Waals surface area contributed by atoms with Crippen LogP contribution in [-0.4, -0.2) is 56.1 Å². The second kappa shape index (κ2) is 7.08. The number of nitrogens with one attached hydrogen (secondary N) is 1. The standard InChI is InChI=1S/C16H26BN3O4/c1-15(2)16(3,4)24-17(23-15)12(10-18-5)8-11-9-19-14(22-7)20-13(11)21-6/h8-9,18H,10H2,1-7H3. The Morgan fingerprint density at radius 3 is 2.33 bits per heavy atom. The molecule has 1 aliphatic rings. The molecule has 8 heteroatoms. The van der Waals surface area contributed by atoms with Crippen LogP contribution in [0.4, 0.5) is 0 Å². The van der Waals surface area contributed by atoms with Crippen LogP contribution < -0.4 is 14.8 Å². The number of nitrogens with zero attached hydrogens (tertiary/aromatic N) is 2. The molecule has 1 aromatic heterocycles. The summed E-state index contributed by atoms with van der Waals surface area (Å²) in [6.07, 6.45) is 3.59. The van der Waals surface area contributed by atoms with Crippen molar-refractivity contribution in [1.29, 1.82) is 0 Å². The van der Waals surface area contributed by atoms with Gasteiger partial charge in [0.25, 0.3) is 0 Å². The van der Waals surface area contributed by atoms with E-state index in [4.69, 9.17) is 18.8 Å². The van der Waals surface area contributed by atoms with Crippen molar-refractivity contribution in [3.8, 4) is 11.9 Å². The number of likely N-dealkylation sites (N-methyl/N-ethyl adjacent to an activating group) is 1. The number of hydrogen-bond acceptors (Lipinski definition) is 7. The van der Waals surface area contributed by atoms with Gasteiger partial charge in [0.1, 0.15) is 0 Å². The number of methoxy groups -OCH3 is 2. The molecule has 0 unspecified atom stereocenters. The lowest BCUT2D eigenvalue weighted by Crippen LogP contribution is -2.41. The van der Waals surface area contributed by atoms with Gasteiger partial charge in [-0.15, -0.1) is 0 Å². The highest BCUT2D eigenvalue weighted by Crippen LogP contribution is 2.39. The van der Waals surface area contributed by atoms with Crippen LogP contribution in [0.25, 0.3) is 6.08 Å². The Balaban J connectivity index is 2.36. The Labute approximate surface area is 143 Å². The number of rotatable bonds is 6. The van der Waals surface area contributed by atoms with Gasteiger partial charge < -0.3 is 24.1 Å². The smallest absolute Gasteiger partial charge is 0.480 e. The van der Waals surface area contributed by atoms with Crippen molar-refractivity contribution >= 4 is 13.2 Å². The second-order valence-electron chi connectivity index (χ2n) is 6.66. The van der Waals surface area contributed by atoms with Gasteiger partial charge >= 0.3 is 13.1 Å². The van der Waals surface area contributed by atoms with E-state index in [1.165, 1.54) is 7.11 Å². The van der Waals surface area contributed by atoms with Gasteiger partial charge in [-0.3, -0.25) is 0 Å². The number of ether oxygens (including phenoxy) is 2. The van der Waals surface area contributed by atoms with Crippen molar-refractivity contribution in [3.63, 3.8) is 0 Å². The highest BCUT2D eigenvalue weighted by molar-refractivity contribution is 6.56. The van der Waals surface area contributed by atoms with Gasteiger partial charge in [0.2, 0.25) is 5.88 Å². The van der Waals surface area contributed by atoms with Crippen LogP contribution in [0.2, 0.25) is 0 Å². The zero-order chi connectivity index (χ0) is 18.0. The minimum atomic E-state index is -0.450. The molecule has 1 aliphatic heterocycles. The van der Waals surface area contributed by atoms with Crippen LogP contribution in [0.15, 0.2) is 11.7 Å². The maximum Gasteiger partial charge on any atom is 0.491 e. The molecular formula is C16H26BN3O4. The van der Waals surface area contributed by atoms with Crippen molar-refractivity contribution in [1.82, 2.24) is 15.3 Å². The zero-order valence-electron chi connectivity index (χ0n) is 15.5. The fourth-order valence-electron chi connectivity index (χ4n) is 2.32. The lowest BCUT2D eigenvalue weighted by atomic mass is 9.77. The molecule has 0 amide bonds. The molecule has 0 bridgehead atoms. The van der Waals surface area contributed by atoms with Crippen LogP contribution in [0.1, 0.15) is 33.3 Å². The van der Waals surface area contributed by atoms with Crippen LogP contribution in [-0.2, 0) is 9.31 Å².